The number of nitrogens with zero attached hydrogens (tertiary/aromatic N) is 1. The maximum absolute atomic E-state index is 6.17. The third-order valence-electron chi connectivity index (χ3n) is 3.33. The van der Waals surface area contributed by atoms with Crippen molar-refractivity contribution in [1.82, 2.24) is 4.90 Å². The minimum absolute atomic E-state index is 0.528. The van der Waals surface area contributed by atoms with Crippen molar-refractivity contribution >= 4 is 11.6 Å². The fourth-order valence-corrected chi connectivity index (χ4v) is 3.41. The van der Waals surface area contributed by atoms with Crippen LogP contribution in [-0.2, 0) is 0 Å². The molecule has 3 saturated carbocycles. The van der Waals surface area contributed by atoms with E-state index in [2.05, 4.69) is 19.0 Å². The standard InChI is InChI=1S/C9H16ClN/c1-11(2)5-8-6-3-4-7(8)9(6)10/h6-9H,3-5H2,1-2H3/t6-,7+,8?,9?. The van der Waals surface area contributed by atoms with Gasteiger partial charge in [-0.2, -0.15) is 0 Å². The molecule has 2 heteroatoms. The molecule has 3 aliphatic carbocycles. The summed E-state index contributed by atoms with van der Waals surface area (Å²) in [6.45, 7) is 1.25. The summed E-state index contributed by atoms with van der Waals surface area (Å²) in [6.07, 6.45) is 2.77. The van der Waals surface area contributed by atoms with Crippen molar-refractivity contribution in [2.24, 2.45) is 17.8 Å². The molecule has 0 saturated heterocycles. The van der Waals surface area contributed by atoms with Gasteiger partial charge in [-0.3, -0.25) is 0 Å². The lowest BCUT2D eigenvalue weighted by atomic mass is 9.71. The lowest BCUT2D eigenvalue weighted by Gasteiger charge is -2.42. The van der Waals surface area contributed by atoms with Crippen molar-refractivity contribution in [2.75, 3.05) is 20.6 Å². The minimum Gasteiger partial charge on any atom is -0.309 e. The first kappa shape index (κ1) is 7.88. The second kappa shape index (κ2) is 2.63. The average Bonchev–Trinajstić information content (AvgIpc) is 2.46. The topological polar surface area (TPSA) is 3.24 Å². The van der Waals surface area contributed by atoms with E-state index < -0.39 is 0 Å². The van der Waals surface area contributed by atoms with E-state index in [1.54, 1.807) is 0 Å². The molecular weight excluding hydrogens is 158 g/mol. The van der Waals surface area contributed by atoms with E-state index in [4.69, 9.17) is 11.6 Å². The summed E-state index contributed by atoms with van der Waals surface area (Å²) in [4.78, 5) is 2.29. The van der Waals surface area contributed by atoms with Gasteiger partial charge < -0.3 is 4.90 Å². The number of hydrogen-bond donors (Lipinski definition) is 0. The van der Waals surface area contributed by atoms with Crippen LogP contribution in [0.3, 0.4) is 0 Å². The third kappa shape index (κ3) is 1.09. The summed E-state index contributed by atoms with van der Waals surface area (Å²) >= 11 is 6.17. The highest BCUT2D eigenvalue weighted by atomic mass is 35.5. The smallest absolute Gasteiger partial charge is 0.0398 e. The van der Waals surface area contributed by atoms with Crippen molar-refractivity contribution in [3.63, 3.8) is 0 Å². The molecule has 0 spiro atoms. The Morgan fingerprint density at radius 1 is 1.27 bits per heavy atom. The molecule has 0 heterocycles. The van der Waals surface area contributed by atoms with Crippen LogP contribution >= 0.6 is 11.6 Å². The summed E-state index contributed by atoms with van der Waals surface area (Å²) in [7, 11) is 4.31. The Hall–Kier alpha value is 0.250. The van der Waals surface area contributed by atoms with Crippen molar-refractivity contribution in [1.29, 1.82) is 0 Å². The summed E-state index contributed by atoms with van der Waals surface area (Å²) in [5.74, 6) is 2.63. The molecule has 0 N–H and O–H groups in total. The van der Waals surface area contributed by atoms with Gasteiger partial charge in [0, 0.05) is 11.9 Å². The van der Waals surface area contributed by atoms with Gasteiger partial charge in [0.1, 0.15) is 0 Å². The van der Waals surface area contributed by atoms with E-state index in [1.165, 1.54) is 19.4 Å². The largest absolute Gasteiger partial charge is 0.309 e. The summed E-state index contributed by atoms with van der Waals surface area (Å²) < 4.78 is 0. The quantitative estimate of drug-likeness (QED) is 0.576. The molecule has 3 aliphatic rings. The van der Waals surface area contributed by atoms with Gasteiger partial charge in [0.05, 0.1) is 0 Å². The van der Waals surface area contributed by atoms with Crippen molar-refractivity contribution in [2.45, 2.75) is 18.2 Å². The molecule has 3 fully saturated rings. The second-order valence-electron chi connectivity index (χ2n) is 4.28. The Morgan fingerprint density at radius 3 is 2.18 bits per heavy atom. The van der Waals surface area contributed by atoms with Gasteiger partial charge in [0.25, 0.3) is 0 Å². The average molecular weight is 174 g/mol. The molecule has 0 aliphatic heterocycles. The Bertz CT molecular complexity index is 146. The Morgan fingerprint density at radius 2 is 1.82 bits per heavy atom. The number of alkyl halides is 1. The second-order valence-corrected chi connectivity index (χ2v) is 4.78. The summed E-state index contributed by atoms with van der Waals surface area (Å²) in [5, 5.41) is 0.528. The maximum Gasteiger partial charge on any atom is 0.0398 e. The molecule has 0 aromatic rings. The van der Waals surface area contributed by atoms with Crippen LogP contribution in [0.15, 0.2) is 0 Å². The van der Waals surface area contributed by atoms with E-state index in [1.807, 2.05) is 0 Å². The van der Waals surface area contributed by atoms with Gasteiger partial charge in [-0.25, -0.2) is 0 Å². The highest BCUT2D eigenvalue weighted by molar-refractivity contribution is 6.21. The predicted octanol–water partition coefficient (Wildman–Crippen LogP) is 1.81. The third-order valence-corrected chi connectivity index (χ3v) is 3.97. The fourth-order valence-electron chi connectivity index (χ4n) is 2.79. The first-order valence-corrected chi connectivity index (χ1v) is 4.92. The molecule has 1 nitrogen and oxygen atoms in total. The Balaban J connectivity index is 1.91. The highest BCUT2D eigenvalue weighted by Crippen LogP contribution is 2.56. The van der Waals surface area contributed by atoms with Crippen LogP contribution in [0.5, 0.6) is 0 Å². The zero-order valence-corrected chi connectivity index (χ0v) is 8.01. The lowest BCUT2D eigenvalue weighted by molar-refractivity contribution is 0.125. The SMILES string of the molecule is CN(C)CC1[C@@H]2CC[C@H]1C2Cl. The molecule has 4 atom stereocenters. The van der Waals surface area contributed by atoms with Crippen LogP contribution in [0.25, 0.3) is 0 Å². The molecule has 2 unspecified atom stereocenters. The van der Waals surface area contributed by atoms with Crippen LogP contribution in [0.4, 0.5) is 0 Å². The Kier molecular flexibility index (Phi) is 1.89. The first-order chi connectivity index (χ1) is 5.20. The van der Waals surface area contributed by atoms with Crippen LogP contribution in [0.1, 0.15) is 12.8 Å². The zero-order valence-electron chi connectivity index (χ0n) is 7.26. The first-order valence-electron chi connectivity index (χ1n) is 4.49. The maximum atomic E-state index is 6.17. The van der Waals surface area contributed by atoms with E-state index in [0.29, 0.717) is 5.38 Å². The van der Waals surface area contributed by atoms with Crippen LogP contribution in [0.2, 0.25) is 0 Å². The molecular formula is C9H16ClN. The molecule has 0 aromatic carbocycles. The van der Waals surface area contributed by atoms with E-state index in [-0.39, 0.29) is 0 Å². The molecule has 2 bridgehead atoms. The summed E-state index contributed by atoms with van der Waals surface area (Å²) in [6, 6.07) is 0. The van der Waals surface area contributed by atoms with Gasteiger partial charge in [-0.05, 0) is 44.7 Å². The van der Waals surface area contributed by atoms with Gasteiger partial charge in [-0.15, -0.1) is 11.6 Å². The number of fused-ring (bicyclic) bond motifs is 1. The van der Waals surface area contributed by atoms with E-state index in [0.717, 1.165) is 17.8 Å². The minimum atomic E-state index is 0.528. The molecule has 3 rings (SSSR count). The van der Waals surface area contributed by atoms with Gasteiger partial charge in [0.2, 0.25) is 0 Å². The van der Waals surface area contributed by atoms with E-state index in [9.17, 15) is 0 Å². The molecule has 0 aromatic heterocycles. The van der Waals surface area contributed by atoms with Crippen molar-refractivity contribution in [3.8, 4) is 0 Å². The van der Waals surface area contributed by atoms with Gasteiger partial charge >= 0.3 is 0 Å². The Labute approximate surface area is 73.7 Å². The van der Waals surface area contributed by atoms with Crippen LogP contribution in [-0.4, -0.2) is 30.9 Å². The molecule has 64 valence electrons. The fraction of sp³-hybridized carbons (Fsp3) is 1.00. The molecule has 11 heavy (non-hydrogen) atoms. The summed E-state index contributed by atoms with van der Waals surface area (Å²) in [5.41, 5.74) is 0. The molecule has 0 radical (unpaired) electrons. The zero-order chi connectivity index (χ0) is 8.01. The van der Waals surface area contributed by atoms with E-state index >= 15 is 0 Å². The van der Waals surface area contributed by atoms with Crippen molar-refractivity contribution in [3.05, 3.63) is 0 Å². The normalized spacial score (nSPS) is 48.0. The van der Waals surface area contributed by atoms with Crippen molar-refractivity contribution < 1.29 is 0 Å². The predicted molar refractivity (Wildman–Crippen MR) is 47.9 cm³/mol. The monoisotopic (exact) mass is 173 g/mol. The number of rotatable bonds is 2. The van der Waals surface area contributed by atoms with Crippen LogP contribution < -0.4 is 0 Å². The number of hydrogen-bond acceptors (Lipinski definition) is 1. The molecule has 0 amide bonds. The van der Waals surface area contributed by atoms with Crippen LogP contribution in [0, 0.1) is 17.8 Å². The van der Waals surface area contributed by atoms with Gasteiger partial charge in [0.15, 0.2) is 0 Å². The number of halogens is 1. The highest BCUT2D eigenvalue weighted by Gasteiger charge is 2.53. The van der Waals surface area contributed by atoms with Gasteiger partial charge in [-0.1, -0.05) is 0 Å². The lowest BCUT2D eigenvalue weighted by Crippen LogP contribution is -2.45.